The lowest BCUT2D eigenvalue weighted by Crippen LogP contribution is -2.34. The number of carboxylic acids is 1. The van der Waals surface area contributed by atoms with E-state index < -0.39 is 18.1 Å². The van der Waals surface area contributed by atoms with Crippen molar-refractivity contribution in [1.29, 1.82) is 0 Å². The average molecular weight is 494 g/mol. The van der Waals surface area contributed by atoms with Gasteiger partial charge in [-0.25, -0.2) is 14.6 Å². The molecule has 8 nitrogen and oxygen atoms in total. The molecule has 1 aliphatic carbocycles. The van der Waals surface area contributed by atoms with Crippen molar-refractivity contribution in [3.05, 3.63) is 75.7 Å². The van der Waals surface area contributed by atoms with Crippen LogP contribution in [-0.4, -0.2) is 41.2 Å². The SMILES string of the molecule is CC(CCNC(=O)OCC1c2ccccc2-c2ccccc21)C(=O)NC(C)c1nc(C(=O)O)cs1. The van der Waals surface area contributed by atoms with Crippen LogP contribution in [0, 0.1) is 5.92 Å². The summed E-state index contributed by atoms with van der Waals surface area (Å²) in [7, 11) is 0. The first-order valence-electron chi connectivity index (χ1n) is 11.4. The van der Waals surface area contributed by atoms with Crippen molar-refractivity contribution < 1.29 is 24.2 Å². The predicted molar refractivity (Wildman–Crippen MR) is 132 cm³/mol. The molecule has 0 spiro atoms. The van der Waals surface area contributed by atoms with Crippen LogP contribution < -0.4 is 10.6 Å². The predicted octanol–water partition coefficient (Wildman–Crippen LogP) is 4.58. The lowest BCUT2D eigenvalue weighted by Gasteiger charge is -2.17. The normalized spacial score (nSPS) is 13.9. The van der Waals surface area contributed by atoms with Gasteiger partial charge in [0.1, 0.15) is 11.6 Å². The molecule has 0 saturated heterocycles. The number of aromatic carboxylic acids is 1. The van der Waals surface area contributed by atoms with E-state index in [1.165, 1.54) is 27.8 Å². The minimum absolute atomic E-state index is 0.00755. The Morgan fingerprint density at radius 3 is 2.29 bits per heavy atom. The van der Waals surface area contributed by atoms with Gasteiger partial charge < -0.3 is 20.5 Å². The third-order valence-corrected chi connectivity index (χ3v) is 7.14. The maximum Gasteiger partial charge on any atom is 0.407 e. The number of hydrogen-bond acceptors (Lipinski definition) is 6. The summed E-state index contributed by atoms with van der Waals surface area (Å²) in [5.41, 5.74) is 4.60. The van der Waals surface area contributed by atoms with Crippen molar-refractivity contribution in [2.75, 3.05) is 13.2 Å². The van der Waals surface area contributed by atoms with E-state index in [1.54, 1.807) is 13.8 Å². The van der Waals surface area contributed by atoms with Crippen LogP contribution in [0.5, 0.6) is 0 Å². The van der Waals surface area contributed by atoms with Gasteiger partial charge in [-0.2, -0.15) is 0 Å². The number of nitrogens with one attached hydrogen (secondary N) is 2. The summed E-state index contributed by atoms with van der Waals surface area (Å²) in [6.45, 7) is 4.05. The van der Waals surface area contributed by atoms with Crippen molar-refractivity contribution in [1.82, 2.24) is 15.6 Å². The number of hydrogen-bond donors (Lipinski definition) is 3. The number of carbonyl (C=O) groups is 3. The van der Waals surface area contributed by atoms with E-state index in [2.05, 4.69) is 39.9 Å². The fourth-order valence-electron chi connectivity index (χ4n) is 4.17. The van der Waals surface area contributed by atoms with Gasteiger partial charge in [-0.1, -0.05) is 55.5 Å². The molecule has 182 valence electrons. The minimum Gasteiger partial charge on any atom is -0.476 e. The van der Waals surface area contributed by atoms with Gasteiger partial charge in [-0.3, -0.25) is 4.79 Å². The molecule has 3 aromatic rings. The van der Waals surface area contributed by atoms with Crippen LogP contribution in [0.4, 0.5) is 4.79 Å². The lowest BCUT2D eigenvalue weighted by atomic mass is 9.98. The third-order valence-electron chi connectivity index (χ3n) is 6.11. The van der Waals surface area contributed by atoms with Crippen LogP contribution >= 0.6 is 11.3 Å². The first-order valence-corrected chi connectivity index (χ1v) is 12.3. The topological polar surface area (TPSA) is 118 Å². The number of alkyl carbamates (subject to hydrolysis) is 1. The Morgan fingerprint density at radius 1 is 1.06 bits per heavy atom. The molecule has 0 radical (unpaired) electrons. The second-order valence-corrected chi connectivity index (χ2v) is 9.44. The zero-order chi connectivity index (χ0) is 24.9. The highest BCUT2D eigenvalue weighted by molar-refractivity contribution is 7.09. The summed E-state index contributed by atoms with van der Waals surface area (Å²) >= 11 is 1.19. The molecule has 2 unspecified atom stereocenters. The molecule has 4 rings (SSSR count). The van der Waals surface area contributed by atoms with Crippen molar-refractivity contribution in [2.24, 2.45) is 5.92 Å². The zero-order valence-corrected chi connectivity index (χ0v) is 20.3. The van der Waals surface area contributed by atoms with Crippen LogP contribution in [0.25, 0.3) is 11.1 Å². The van der Waals surface area contributed by atoms with Crippen molar-refractivity contribution in [2.45, 2.75) is 32.2 Å². The molecule has 0 saturated carbocycles. The number of fused-ring (bicyclic) bond motifs is 3. The van der Waals surface area contributed by atoms with E-state index >= 15 is 0 Å². The summed E-state index contributed by atoms with van der Waals surface area (Å²) in [5.74, 6) is -1.66. The van der Waals surface area contributed by atoms with Gasteiger partial charge in [0, 0.05) is 23.8 Å². The molecule has 3 N–H and O–H groups in total. The molecule has 0 aliphatic heterocycles. The largest absolute Gasteiger partial charge is 0.476 e. The number of amides is 2. The number of thiazole rings is 1. The second kappa shape index (κ2) is 10.7. The van der Waals surface area contributed by atoms with Crippen LogP contribution in [0.15, 0.2) is 53.9 Å². The van der Waals surface area contributed by atoms with Crippen molar-refractivity contribution in [3.63, 3.8) is 0 Å². The Balaban J connectivity index is 1.22. The van der Waals surface area contributed by atoms with E-state index in [9.17, 15) is 14.4 Å². The number of benzene rings is 2. The molecule has 1 heterocycles. The molecule has 9 heteroatoms. The number of nitrogens with zero attached hydrogens (tertiary/aromatic N) is 1. The summed E-state index contributed by atoms with van der Waals surface area (Å²) in [4.78, 5) is 39.8. The van der Waals surface area contributed by atoms with Gasteiger partial charge in [0.25, 0.3) is 0 Å². The number of aromatic nitrogens is 1. The highest BCUT2D eigenvalue weighted by Crippen LogP contribution is 2.44. The second-order valence-electron chi connectivity index (χ2n) is 8.55. The Hall–Kier alpha value is -3.72. The summed E-state index contributed by atoms with van der Waals surface area (Å²) in [6, 6.07) is 15.9. The summed E-state index contributed by atoms with van der Waals surface area (Å²) < 4.78 is 5.52. The molecule has 0 bridgehead atoms. The first kappa shape index (κ1) is 24.4. The maximum absolute atomic E-state index is 12.5. The van der Waals surface area contributed by atoms with Gasteiger partial charge in [0.15, 0.2) is 5.69 Å². The number of carboxylic acid groups (broad SMARTS) is 1. The molecule has 2 atom stereocenters. The Labute approximate surface area is 207 Å². The maximum atomic E-state index is 12.5. The molecule has 1 aromatic heterocycles. The standard InChI is InChI=1S/C26H27N3O5S/c1-15(23(30)28-16(2)24-29-22(14-35-24)25(31)32)11-12-27-26(33)34-13-21-19-9-5-3-7-17(19)18-8-4-6-10-20(18)21/h3-10,14-16,21H,11-13H2,1-2H3,(H,27,33)(H,28,30)(H,31,32). The number of ether oxygens (including phenoxy) is 1. The molecule has 0 fully saturated rings. The van der Waals surface area contributed by atoms with E-state index in [0.717, 1.165) is 11.1 Å². The fourth-order valence-corrected chi connectivity index (χ4v) is 4.97. The van der Waals surface area contributed by atoms with E-state index in [1.807, 2.05) is 24.3 Å². The van der Waals surface area contributed by atoms with Crippen LogP contribution in [0.3, 0.4) is 0 Å². The third kappa shape index (κ3) is 5.51. The lowest BCUT2D eigenvalue weighted by molar-refractivity contribution is -0.125. The molecule has 35 heavy (non-hydrogen) atoms. The summed E-state index contributed by atoms with van der Waals surface area (Å²) in [5, 5.41) is 16.5. The Kier molecular flexibility index (Phi) is 7.45. The summed E-state index contributed by atoms with van der Waals surface area (Å²) in [6.07, 6.45) is -0.0853. The van der Waals surface area contributed by atoms with Crippen LogP contribution in [0.2, 0.25) is 0 Å². The molecule has 1 aliphatic rings. The van der Waals surface area contributed by atoms with Crippen LogP contribution in [0.1, 0.15) is 58.9 Å². The molecule has 2 amide bonds. The number of rotatable bonds is 9. The van der Waals surface area contributed by atoms with E-state index in [0.29, 0.717) is 18.0 Å². The smallest absolute Gasteiger partial charge is 0.407 e. The minimum atomic E-state index is -1.10. The van der Waals surface area contributed by atoms with E-state index in [-0.39, 0.29) is 30.0 Å². The quantitative estimate of drug-likeness (QED) is 0.402. The Bertz CT molecular complexity index is 1200. The highest BCUT2D eigenvalue weighted by Gasteiger charge is 2.29. The average Bonchev–Trinajstić information content (AvgIpc) is 3.47. The Morgan fingerprint density at radius 2 is 1.69 bits per heavy atom. The van der Waals surface area contributed by atoms with Crippen molar-refractivity contribution >= 4 is 29.3 Å². The van der Waals surface area contributed by atoms with Gasteiger partial charge in [-0.05, 0) is 35.6 Å². The van der Waals surface area contributed by atoms with Gasteiger partial charge >= 0.3 is 12.1 Å². The highest BCUT2D eigenvalue weighted by atomic mass is 32.1. The number of carbonyl (C=O) groups excluding carboxylic acids is 2. The van der Waals surface area contributed by atoms with Gasteiger partial charge in [-0.15, -0.1) is 11.3 Å². The zero-order valence-electron chi connectivity index (χ0n) is 19.5. The monoisotopic (exact) mass is 493 g/mol. The molecular weight excluding hydrogens is 466 g/mol. The van der Waals surface area contributed by atoms with Crippen LogP contribution in [-0.2, 0) is 9.53 Å². The fraction of sp³-hybridized carbons (Fsp3) is 0.308. The first-order chi connectivity index (χ1) is 16.8. The molecular formula is C26H27N3O5S. The van der Waals surface area contributed by atoms with Crippen molar-refractivity contribution in [3.8, 4) is 11.1 Å². The van der Waals surface area contributed by atoms with Gasteiger partial charge in [0.05, 0.1) is 6.04 Å². The van der Waals surface area contributed by atoms with Gasteiger partial charge in [0.2, 0.25) is 5.91 Å². The van der Waals surface area contributed by atoms with E-state index in [4.69, 9.17) is 9.84 Å². The molecule has 2 aromatic carbocycles.